The first-order chi connectivity index (χ1) is 14.3. The van der Waals surface area contributed by atoms with Crippen molar-refractivity contribution < 1.29 is 0 Å². The lowest BCUT2D eigenvalue weighted by molar-refractivity contribution is 0.410. The van der Waals surface area contributed by atoms with Crippen molar-refractivity contribution in [2.24, 2.45) is 5.92 Å². The van der Waals surface area contributed by atoms with E-state index in [4.69, 9.17) is 0 Å². The van der Waals surface area contributed by atoms with Crippen molar-refractivity contribution in [3.05, 3.63) is 73.2 Å². The molecule has 5 heteroatoms. The van der Waals surface area contributed by atoms with E-state index in [1.807, 2.05) is 42.7 Å². The fourth-order valence-corrected chi connectivity index (χ4v) is 4.10. The van der Waals surface area contributed by atoms with Crippen LogP contribution in [0, 0.1) is 5.92 Å². The molecule has 1 fully saturated rings. The Kier molecular flexibility index (Phi) is 6.70. The number of benzene rings is 2. The van der Waals surface area contributed by atoms with Gasteiger partial charge in [0.25, 0.3) is 0 Å². The van der Waals surface area contributed by atoms with Crippen LogP contribution in [-0.2, 0) is 6.54 Å². The van der Waals surface area contributed by atoms with E-state index in [0.29, 0.717) is 0 Å². The summed E-state index contributed by atoms with van der Waals surface area (Å²) in [6.45, 7) is 3.47. The van der Waals surface area contributed by atoms with Crippen LogP contribution in [-0.4, -0.2) is 27.9 Å². The second-order valence-corrected chi connectivity index (χ2v) is 8.13. The molecule has 0 radical (unpaired) electrons. The molecular weight excluding hydrogens is 376 g/mol. The van der Waals surface area contributed by atoms with Crippen molar-refractivity contribution in [2.45, 2.75) is 30.7 Å². The number of aromatic nitrogens is 3. The van der Waals surface area contributed by atoms with Gasteiger partial charge in [-0.2, -0.15) is 5.10 Å². The molecule has 1 unspecified atom stereocenters. The molecule has 2 N–H and O–H groups in total. The lowest BCUT2D eigenvalue weighted by Crippen LogP contribution is -2.15. The molecule has 4 nitrogen and oxygen atoms in total. The number of nitrogens with one attached hydrogen (secondary N) is 2. The van der Waals surface area contributed by atoms with E-state index in [2.05, 4.69) is 63.2 Å². The van der Waals surface area contributed by atoms with Gasteiger partial charge in [-0.3, -0.25) is 5.10 Å². The third-order valence-corrected chi connectivity index (χ3v) is 5.81. The van der Waals surface area contributed by atoms with Gasteiger partial charge in [0.1, 0.15) is 0 Å². The molecule has 2 aromatic carbocycles. The average molecular weight is 405 g/mol. The Bertz CT molecular complexity index is 1000. The van der Waals surface area contributed by atoms with Gasteiger partial charge >= 0.3 is 0 Å². The zero-order valence-corrected chi connectivity index (χ0v) is 17.5. The average Bonchev–Trinajstić information content (AvgIpc) is 3.34. The summed E-state index contributed by atoms with van der Waals surface area (Å²) in [7, 11) is 0. The second kappa shape index (κ2) is 9.81. The fraction of sp³-hybridized carbons (Fsp3) is 0.292. The number of rotatable bonds is 3. The second-order valence-electron chi connectivity index (χ2n) is 7.61. The SMILES string of the molecule is Sc1ccccc1.c1cc2c(ccn2CC2CCCNCC2)cc1-c1cn[nH]c1. The molecule has 5 rings (SSSR count). The predicted molar refractivity (Wildman–Crippen MR) is 123 cm³/mol. The summed E-state index contributed by atoms with van der Waals surface area (Å²) < 4.78 is 2.42. The van der Waals surface area contributed by atoms with E-state index in [1.165, 1.54) is 42.3 Å². The fourth-order valence-electron chi connectivity index (χ4n) is 3.93. The van der Waals surface area contributed by atoms with Crippen LogP contribution < -0.4 is 5.32 Å². The molecule has 1 aliphatic rings. The summed E-state index contributed by atoms with van der Waals surface area (Å²) in [6.07, 6.45) is 9.97. The Balaban J connectivity index is 0.000000249. The van der Waals surface area contributed by atoms with Gasteiger partial charge in [0.2, 0.25) is 0 Å². The van der Waals surface area contributed by atoms with Crippen LogP contribution in [0.3, 0.4) is 0 Å². The number of H-pyrrole nitrogens is 1. The van der Waals surface area contributed by atoms with E-state index in [0.717, 1.165) is 29.5 Å². The molecule has 0 spiro atoms. The van der Waals surface area contributed by atoms with Crippen molar-refractivity contribution in [1.82, 2.24) is 20.1 Å². The molecule has 0 aliphatic carbocycles. The summed E-state index contributed by atoms with van der Waals surface area (Å²) in [5, 5.41) is 11.7. The lowest BCUT2D eigenvalue weighted by Gasteiger charge is -2.15. The van der Waals surface area contributed by atoms with E-state index in [-0.39, 0.29) is 0 Å². The third-order valence-electron chi connectivity index (χ3n) is 5.51. The van der Waals surface area contributed by atoms with Gasteiger partial charge < -0.3 is 9.88 Å². The number of fused-ring (bicyclic) bond motifs is 1. The van der Waals surface area contributed by atoms with Crippen LogP contribution >= 0.6 is 12.6 Å². The minimum Gasteiger partial charge on any atom is -0.347 e. The van der Waals surface area contributed by atoms with E-state index in [9.17, 15) is 0 Å². The Morgan fingerprint density at radius 3 is 2.66 bits per heavy atom. The molecule has 2 aromatic heterocycles. The maximum absolute atomic E-state index is 4.08. The first-order valence-corrected chi connectivity index (χ1v) is 10.8. The molecule has 1 aliphatic heterocycles. The first-order valence-electron chi connectivity index (χ1n) is 10.3. The Hall–Kier alpha value is -2.50. The molecule has 1 saturated heterocycles. The highest BCUT2D eigenvalue weighted by Crippen LogP contribution is 2.26. The smallest absolute Gasteiger partial charge is 0.0565 e. The van der Waals surface area contributed by atoms with Crippen LogP contribution in [0.15, 0.2) is 78.1 Å². The monoisotopic (exact) mass is 404 g/mol. The molecule has 150 valence electrons. The number of thiol groups is 1. The van der Waals surface area contributed by atoms with Gasteiger partial charge in [-0.1, -0.05) is 24.3 Å². The van der Waals surface area contributed by atoms with Crippen molar-refractivity contribution in [3.8, 4) is 11.1 Å². The zero-order valence-electron chi connectivity index (χ0n) is 16.6. The summed E-state index contributed by atoms with van der Waals surface area (Å²) in [6, 6.07) is 18.7. The van der Waals surface area contributed by atoms with Crippen LogP contribution in [0.1, 0.15) is 19.3 Å². The van der Waals surface area contributed by atoms with Crippen molar-refractivity contribution >= 4 is 23.5 Å². The number of nitrogens with zero attached hydrogens (tertiary/aromatic N) is 2. The van der Waals surface area contributed by atoms with Gasteiger partial charge in [0.15, 0.2) is 0 Å². The summed E-state index contributed by atoms with van der Waals surface area (Å²) in [5.74, 6) is 0.791. The van der Waals surface area contributed by atoms with Crippen molar-refractivity contribution in [3.63, 3.8) is 0 Å². The Labute approximate surface area is 177 Å². The van der Waals surface area contributed by atoms with Crippen molar-refractivity contribution in [1.29, 1.82) is 0 Å². The molecule has 29 heavy (non-hydrogen) atoms. The normalized spacial score (nSPS) is 16.8. The number of hydrogen-bond donors (Lipinski definition) is 3. The Morgan fingerprint density at radius 2 is 1.90 bits per heavy atom. The summed E-state index contributed by atoms with van der Waals surface area (Å²) in [4.78, 5) is 1.02. The van der Waals surface area contributed by atoms with Crippen LogP contribution in [0.25, 0.3) is 22.0 Å². The topological polar surface area (TPSA) is 45.6 Å². The molecule has 4 aromatic rings. The first kappa shape index (κ1) is 19.8. The van der Waals surface area contributed by atoms with Gasteiger partial charge in [-0.05, 0) is 74.2 Å². The van der Waals surface area contributed by atoms with E-state index >= 15 is 0 Å². The van der Waals surface area contributed by atoms with Crippen LogP contribution in [0.4, 0.5) is 0 Å². The molecule has 0 bridgehead atoms. The van der Waals surface area contributed by atoms with E-state index in [1.54, 1.807) is 0 Å². The molecule has 0 saturated carbocycles. The predicted octanol–water partition coefficient (Wildman–Crippen LogP) is 5.40. The maximum Gasteiger partial charge on any atom is 0.0565 e. The Morgan fingerprint density at radius 1 is 1.00 bits per heavy atom. The third kappa shape index (κ3) is 5.31. The standard InChI is InChI=1S/C18H22N4.C6H6S/c1-2-14(5-8-19-7-1)13-22-9-6-16-10-15(3-4-18(16)22)17-11-20-21-12-17;7-6-4-2-1-3-5-6/h3-4,6,9-12,14,19H,1-2,5,7-8,13H2,(H,20,21);1-5,7H. The lowest BCUT2D eigenvalue weighted by atomic mass is 10.0. The highest BCUT2D eigenvalue weighted by atomic mass is 32.1. The summed E-state index contributed by atoms with van der Waals surface area (Å²) >= 11 is 4.08. The highest BCUT2D eigenvalue weighted by molar-refractivity contribution is 7.80. The quantitative estimate of drug-likeness (QED) is 0.401. The van der Waals surface area contributed by atoms with Gasteiger partial charge in [-0.25, -0.2) is 0 Å². The minimum atomic E-state index is 0.791. The summed E-state index contributed by atoms with van der Waals surface area (Å²) in [5.41, 5.74) is 3.70. The molecule has 3 heterocycles. The molecule has 1 atom stereocenters. The van der Waals surface area contributed by atoms with Gasteiger partial charge in [0.05, 0.1) is 6.20 Å². The van der Waals surface area contributed by atoms with Crippen molar-refractivity contribution in [2.75, 3.05) is 13.1 Å². The maximum atomic E-state index is 4.08. The van der Waals surface area contributed by atoms with Crippen LogP contribution in [0.5, 0.6) is 0 Å². The van der Waals surface area contributed by atoms with Gasteiger partial charge in [0, 0.05) is 40.3 Å². The van der Waals surface area contributed by atoms with Crippen LogP contribution in [0.2, 0.25) is 0 Å². The number of aromatic amines is 1. The molecular formula is C24H28N4S. The number of hydrogen-bond acceptors (Lipinski definition) is 3. The van der Waals surface area contributed by atoms with Gasteiger partial charge in [-0.15, -0.1) is 12.6 Å². The zero-order chi connectivity index (χ0) is 19.9. The largest absolute Gasteiger partial charge is 0.347 e. The highest BCUT2D eigenvalue weighted by Gasteiger charge is 2.13. The molecule has 0 amide bonds. The minimum absolute atomic E-state index is 0.791. The van der Waals surface area contributed by atoms with E-state index < -0.39 is 0 Å².